The van der Waals surface area contributed by atoms with Crippen LogP contribution in [0.15, 0.2) is 54.7 Å². The highest BCUT2D eigenvalue weighted by molar-refractivity contribution is 6.31. The van der Waals surface area contributed by atoms with Crippen molar-refractivity contribution >= 4 is 29.2 Å². The Labute approximate surface area is 196 Å². The molecule has 8 nitrogen and oxygen atoms in total. The summed E-state index contributed by atoms with van der Waals surface area (Å²) in [5, 5.41) is 4.10. The van der Waals surface area contributed by atoms with Gasteiger partial charge in [0.2, 0.25) is 5.88 Å². The van der Waals surface area contributed by atoms with Gasteiger partial charge in [0.25, 0.3) is 5.91 Å². The number of imide groups is 1. The average Bonchev–Trinajstić information content (AvgIpc) is 2.80. The smallest absolute Gasteiger partial charge is 0.417 e. The maximum Gasteiger partial charge on any atom is 0.417 e. The van der Waals surface area contributed by atoms with E-state index in [-0.39, 0.29) is 34.4 Å². The maximum atomic E-state index is 13.0. The number of nitrogens with zero attached hydrogens (tertiary/aromatic N) is 1. The zero-order valence-corrected chi connectivity index (χ0v) is 18.5. The number of nitrogens with one attached hydrogen (secondary N) is 2. The van der Waals surface area contributed by atoms with Gasteiger partial charge in [-0.05, 0) is 36.4 Å². The van der Waals surface area contributed by atoms with Crippen LogP contribution in [0.4, 0.5) is 23.7 Å². The largest absolute Gasteiger partial charge is 0.496 e. The lowest BCUT2D eigenvalue weighted by Gasteiger charge is -2.13. The Morgan fingerprint density at radius 2 is 1.68 bits per heavy atom. The Hall–Kier alpha value is -3.99. The van der Waals surface area contributed by atoms with E-state index >= 15 is 0 Å². The lowest BCUT2D eigenvalue weighted by atomic mass is 10.1. The second kappa shape index (κ2) is 10.3. The molecule has 0 aliphatic carbocycles. The molecule has 3 aromatic rings. The van der Waals surface area contributed by atoms with E-state index in [1.807, 2.05) is 0 Å². The minimum absolute atomic E-state index is 0.0313. The summed E-state index contributed by atoms with van der Waals surface area (Å²) in [6.07, 6.45) is -3.44. The molecule has 34 heavy (non-hydrogen) atoms. The van der Waals surface area contributed by atoms with Gasteiger partial charge >= 0.3 is 12.2 Å². The van der Waals surface area contributed by atoms with Crippen LogP contribution in [0.3, 0.4) is 0 Å². The number of carbonyl (C=O) groups is 2. The summed E-state index contributed by atoms with van der Waals surface area (Å²) in [7, 11) is 2.74. The van der Waals surface area contributed by atoms with E-state index in [9.17, 15) is 22.8 Å². The number of ether oxygens (including phenoxy) is 3. The summed E-state index contributed by atoms with van der Waals surface area (Å²) in [5.74, 6) is -0.495. The summed E-state index contributed by atoms with van der Waals surface area (Å²) in [5.41, 5.74) is -0.819. The molecule has 0 fully saturated rings. The van der Waals surface area contributed by atoms with Crippen molar-refractivity contribution in [2.75, 3.05) is 19.5 Å². The van der Waals surface area contributed by atoms with Crippen molar-refractivity contribution in [3.8, 4) is 23.1 Å². The second-order valence-corrected chi connectivity index (χ2v) is 6.98. The number of benzene rings is 2. The molecule has 2 N–H and O–H groups in total. The molecule has 0 saturated heterocycles. The van der Waals surface area contributed by atoms with Gasteiger partial charge in [-0.15, -0.1) is 0 Å². The van der Waals surface area contributed by atoms with Crippen molar-refractivity contribution < 1.29 is 37.0 Å². The number of methoxy groups -OCH3 is 2. The van der Waals surface area contributed by atoms with Gasteiger partial charge in [0, 0.05) is 6.07 Å². The zero-order chi connectivity index (χ0) is 24.9. The average molecular weight is 496 g/mol. The number of halogens is 4. The first-order chi connectivity index (χ1) is 16.1. The van der Waals surface area contributed by atoms with Crippen LogP contribution < -0.4 is 24.8 Å². The van der Waals surface area contributed by atoms with Crippen LogP contribution in [0.1, 0.15) is 15.9 Å². The molecule has 0 aliphatic rings. The van der Waals surface area contributed by atoms with Gasteiger partial charge in [-0.3, -0.25) is 10.1 Å². The number of alkyl halides is 3. The normalized spacial score (nSPS) is 10.9. The fraction of sp³-hybridized carbons (Fsp3) is 0.136. The Kier molecular flexibility index (Phi) is 7.47. The first-order valence-electron chi connectivity index (χ1n) is 9.46. The van der Waals surface area contributed by atoms with Crippen molar-refractivity contribution in [3.05, 3.63) is 70.9 Å². The topological polar surface area (TPSA) is 98.8 Å². The third kappa shape index (κ3) is 5.87. The van der Waals surface area contributed by atoms with E-state index in [0.29, 0.717) is 0 Å². The van der Waals surface area contributed by atoms with Crippen molar-refractivity contribution in [2.24, 2.45) is 0 Å². The fourth-order valence-electron chi connectivity index (χ4n) is 2.82. The molecule has 178 valence electrons. The number of anilines is 1. The number of aromatic nitrogens is 1. The second-order valence-electron chi connectivity index (χ2n) is 6.57. The summed E-state index contributed by atoms with van der Waals surface area (Å²) in [6, 6.07) is 9.62. The van der Waals surface area contributed by atoms with Crippen LogP contribution in [0, 0.1) is 0 Å². The van der Waals surface area contributed by atoms with E-state index in [2.05, 4.69) is 15.6 Å². The van der Waals surface area contributed by atoms with E-state index in [1.54, 1.807) is 6.07 Å². The van der Waals surface area contributed by atoms with Crippen LogP contribution in [0.25, 0.3) is 0 Å². The van der Waals surface area contributed by atoms with Crippen LogP contribution in [-0.4, -0.2) is 31.1 Å². The molecule has 3 amide bonds. The molecule has 0 radical (unpaired) electrons. The molecular weight excluding hydrogens is 479 g/mol. The molecule has 1 heterocycles. The minimum atomic E-state index is -4.64. The van der Waals surface area contributed by atoms with E-state index < -0.39 is 28.7 Å². The number of hydrogen-bond donors (Lipinski definition) is 2. The molecule has 0 aliphatic heterocycles. The Bertz CT molecular complexity index is 1180. The lowest BCUT2D eigenvalue weighted by Crippen LogP contribution is -2.34. The number of carbonyl (C=O) groups excluding carboxylic acids is 2. The quantitative estimate of drug-likeness (QED) is 0.467. The van der Waals surface area contributed by atoms with Gasteiger partial charge < -0.3 is 19.5 Å². The molecule has 0 saturated carbocycles. The number of hydrogen-bond acceptors (Lipinski definition) is 6. The van der Waals surface area contributed by atoms with Crippen molar-refractivity contribution in [1.29, 1.82) is 0 Å². The highest BCUT2D eigenvalue weighted by atomic mass is 35.5. The maximum absolute atomic E-state index is 13.0. The van der Waals surface area contributed by atoms with Crippen LogP contribution in [0.2, 0.25) is 5.02 Å². The van der Waals surface area contributed by atoms with Gasteiger partial charge in [0.1, 0.15) is 22.8 Å². The van der Waals surface area contributed by atoms with Crippen LogP contribution in [0.5, 0.6) is 23.1 Å². The molecule has 0 bridgehead atoms. The number of urea groups is 1. The molecule has 0 unspecified atom stereocenters. The fourth-order valence-corrected chi connectivity index (χ4v) is 3.05. The zero-order valence-electron chi connectivity index (χ0n) is 17.7. The molecule has 2 aromatic carbocycles. The minimum Gasteiger partial charge on any atom is -0.496 e. The highest BCUT2D eigenvalue weighted by Crippen LogP contribution is 2.37. The summed E-state index contributed by atoms with van der Waals surface area (Å²) in [4.78, 5) is 28.7. The monoisotopic (exact) mass is 495 g/mol. The van der Waals surface area contributed by atoms with E-state index in [0.717, 1.165) is 12.1 Å². The van der Waals surface area contributed by atoms with Crippen LogP contribution >= 0.6 is 11.6 Å². The van der Waals surface area contributed by atoms with Gasteiger partial charge in [-0.25, -0.2) is 9.78 Å². The predicted molar refractivity (Wildman–Crippen MR) is 117 cm³/mol. The van der Waals surface area contributed by atoms with Crippen molar-refractivity contribution in [1.82, 2.24) is 10.3 Å². The van der Waals surface area contributed by atoms with Crippen molar-refractivity contribution in [2.45, 2.75) is 6.18 Å². The lowest BCUT2D eigenvalue weighted by molar-refractivity contribution is -0.137. The SMILES string of the molecule is COc1cccc(OC)c1C(=O)NC(=O)Nc1ccc(Oc2ccc(Cl)c(C(F)(F)F)c2)nc1. The first-order valence-corrected chi connectivity index (χ1v) is 9.84. The summed E-state index contributed by atoms with van der Waals surface area (Å²) >= 11 is 5.59. The van der Waals surface area contributed by atoms with Gasteiger partial charge in [0.15, 0.2) is 0 Å². The molecule has 1 aromatic heterocycles. The predicted octanol–water partition coefficient (Wildman–Crippen LogP) is 5.53. The Morgan fingerprint density at radius 1 is 1.00 bits per heavy atom. The van der Waals surface area contributed by atoms with Gasteiger partial charge in [-0.1, -0.05) is 17.7 Å². The Morgan fingerprint density at radius 3 is 2.24 bits per heavy atom. The van der Waals surface area contributed by atoms with Crippen molar-refractivity contribution in [3.63, 3.8) is 0 Å². The number of pyridine rings is 1. The molecule has 0 atom stereocenters. The van der Waals surface area contributed by atoms with Gasteiger partial charge in [0.05, 0.1) is 36.7 Å². The van der Waals surface area contributed by atoms with Crippen LogP contribution in [-0.2, 0) is 6.18 Å². The molecule has 12 heteroatoms. The third-order valence-electron chi connectivity index (χ3n) is 4.34. The van der Waals surface area contributed by atoms with E-state index in [4.69, 9.17) is 25.8 Å². The molecular formula is C22H17ClF3N3O5. The third-order valence-corrected chi connectivity index (χ3v) is 4.67. The summed E-state index contributed by atoms with van der Waals surface area (Å²) < 4.78 is 54.6. The summed E-state index contributed by atoms with van der Waals surface area (Å²) in [6.45, 7) is 0. The molecule has 3 rings (SSSR count). The Balaban J connectivity index is 1.65. The molecule has 0 spiro atoms. The number of amides is 3. The highest BCUT2D eigenvalue weighted by Gasteiger charge is 2.33. The van der Waals surface area contributed by atoms with Gasteiger partial charge in [-0.2, -0.15) is 13.2 Å². The first kappa shape index (κ1) is 24.6. The van der Waals surface area contributed by atoms with E-state index in [1.165, 1.54) is 50.7 Å². The number of rotatable bonds is 6. The standard InChI is InChI=1S/C22H17ClF3N3O5/c1-32-16-4-3-5-17(33-2)19(16)20(30)29-21(31)28-12-6-9-18(27-11-12)34-13-7-8-15(23)14(10-13)22(24,25)26/h3-11H,1-2H3,(H2,28,29,30,31).